The highest BCUT2D eigenvalue weighted by Crippen LogP contribution is 2.24. The lowest BCUT2D eigenvalue weighted by Crippen LogP contribution is -1.97. The molecular formula is C11H8ClNO3S. The number of hydrogen-bond donors (Lipinski definition) is 1. The lowest BCUT2D eigenvalue weighted by molar-refractivity contribution is 0.0696. The van der Waals surface area contributed by atoms with E-state index in [0.717, 1.165) is 5.76 Å². The van der Waals surface area contributed by atoms with E-state index in [1.807, 2.05) is 6.07 Å². The first-order valence-corrected chi connectivity index (χ1v) is 6.07. The number of carboxylic acid groups (broad SMARTS) is 1. The number of carboxylic acids is 1. The maximum atomic E-state index is 10.8. The molecule has 1 N–H and O–H groups in total. The molecule has 2 aromatic rings. The normalized spacial score (nSPS) is 10.4. The molecule has 6 heteroatoms. The number of nitrogens with zero attached hydrogens (tertiary/aromatic N) is 1. The van der Waals surface area contributed by atoms with E-state index in [1.54, 1.807) is 12.3 Å². The van der Waals surface area contributed by atoms with Gasteiger partial charge in [-0.1, -0.05) is 23.4 Å². The van der Waals surface area contributed by atoms with Crippen LogP contribution in [0, 0.1) is 0 Å². The molecule has 0 fully saturated rings. The number of aromatic nitrogens is 1. The van der Waals surface area contributed by atoms with Crippen LogP contribution in [0.3, 0.4) is 0 Å². The van der Waals surface area contributed by atoms with Crippen molar-refractivity contribution in [2.45, 2.75) is 10.8 Å². The van der Waals surface area contributed by atoms with Gasteiger partial charge in [0.15, 0.2) is 0 Å². The number of thioether (sulfide) groups is 1. The lowest BCUT2D eigenvalue weighted by Gasteiger charge is -2.01. The van der Waals surface area contributed by atoms with Crippen LogP contribution < -0.4 is 0 Å². The molecule has 0 unspecified atom stereocenters. The average Bonchev–Trinajstić information content (AvgIpc) is 2.78. The molecule has 0 amide bonds. The fraction of sp³-hybridized carbons (Fsp3) is 0.0909. The third-order valence-electron chi connectivity index (χ3n) is 1.96. The number of furan rings is 1. The summed E-state index contributed by atoms with van der Waals surface area (Å²) in [6.45, 7) is 0. The summed E-state index contributed by atoms with van der Waals surface area (Å²) >= 11 is 7.11. The second kappa shape index (κ2) is 5.25. The van der Waals surface area contributed by atoms with Gasteiger partial charge >= 0.3 is 5.97 Å². The Hall–Kier alpha value is -1.46. The first kappa shape index (κ1) is 12.0. The van der Waals surface area contributed by atoms with Gasteiger partial charge in [0.05, 0.1) is 22.6 Å². The lowest BCUT2D eigenvalue weighted by atomic mass is 10.3. The molecule has 0 radical (unpaired) electrons. The second-order valence-electron chi connectivity index (χ2n) is 3.19. The van der Waals surface area contributed by atoms with Gasteiger partial charge in [0.2, 0.25) is 0 Å². The van der Waals surface area contributed by atoms with Gasteiger partial charge in [0, 0.05) is 0 Å². The number of pyridine rings is 1. The first-order valence-electron chi connectivity index (χ1n) is 4.71. The highest BCUT2D eigenvalue weighted by Gasteiger charge is 2.08. The van der Waals surface area contributed by atoms with Gasteiger partial charge in [-0.15, -0.1) is 0 Å². The number of aromatic carboxylic acids is 1. The fourth-order valence-electron chi connectivity index (χ4n) is 1.21. The van der Waals surface area contributed by atoms with Gasteiger partial charge in [-0.25, -0.2) is 9.78 Å². The molecule has 0 aromatic carbocycles. The Labute approximate surface area is 107 Å². The van der Waals surface area contributed by atoms with Crippen LogP contribution in [0.4, 0.5) is 0 Å². The molecule has 0 saturated heterocycles. The quantitative estimate of drug-likeness (QED) is 0.681. The topological polar surface area (TPSA) is 63.3 Å². The molecule has 4 nitrogen and oxygen atoms in total. The number of halogens is 1. The van der Waals surface area contributed by atoms with Crippen molar-refractivity contribution in [2.24, 2.45) is 0 Å². The molecular weight excluding hydrogens is 262 g/mol. The van der Waals surface area contributed by atoms with Gasteiger partial charge in [0.25, 0.3) is 0 Å². The zero-order chi connectivity index (χ0) is 12.3. The summed E-state index contributed by atoms with van der Waals surface area (Å²) in [6, 6.07) is 6.45. The maximum Gasteiger partial charge on any atom is 0.335 e. The highest BCUT2D eigenvalue weighted by atomic mass is 35.5. The van der Waals surface area contributed by atoms with E-state index in [2.05, 4.69) is 4.98 Å². The second-order valence-corrected chi connectivity index (χ2v) is 4.57. The van der Waals surface area contributed by atoms with E-state index in [9.17, 15) is 4.79 Å². The zero-order valence-corrected chi connectivity index (χ0v) is 10.2. The number of rotatable bonds is 4. The van der Waals surface area contributed by atoms with Crippen molar-refractivity contribution in [2.75, 3.05) is 0 Å². The molecule has 2 heterocycles. The average molecular weight is 270 g/mol. The monoisotopic (exact) mass is 269 g/mol. The summed E-state index contributed by atoms with van der Waals surface area (Å²) in [5, 5.41) is 9.61. The molecule has 0 aliphatic rings. The predicted molar refractivity (Wildman–Crippen MR) is 64.5 cm³/mol. The Kier molecular flexibility index (Phi) is 3.71. The van der Waals surface area contributed by atoms with Crippen LogP contribution in [0.5, 0.6) is 0 Å². The standard InChI is InChI=1S/C11H8ClNO3S/c12-9-4-7(11(14)15)5-10(13-9)17-6-8-2-1-3-16-8/h1-5H,6H2,(H,14,15). The molecule has 0 atom stereocenters. The minimum Gasteiger partial charge on any atom is -0.478 e. The molecule has 88 valence electrons. The van der Waals surface area contributed by atoms with Gasteiger partial charge in [-0.3, -0.25) is 0 Å². The molecule has 2 aromatic heterocycles. The number of hydrogen-bond acceptors (Lipinski definition) is 4. The van der Waals surface area contributed by atoms with Gasteiger partial charge in [-0.2, -0.15) is 0 Å². The van der Waals surface area contributed by atoms with Crippen molar-refractivity contribution >= 4 is 29.3 Å². The Balaban J connectivity index is 2.13. The van der Waals surface area contributed by atoms with Crippen LogP contribution in [0.1, 0.15) is 16.1 Å². The summed E-state index contributed by atoms with van der Waals surface area (Å²) in [4.78, 5) is 14.9. The van der Waals surface area contributed by atoms with Crippen molar-refractivity contribution < 1.29 is 14.3 Å². The molecule has 0 bridgehead atoms. The van der Waals surface area contributed by atoms with Crippen LogP contribution in [-0.2, 0) is 5.75 Å². The molecule has 17 heavy (non-hydrogen) atoms. The Morgan fingerprint density at radius 1 is 1.53 bits per heavy atom. The molecule has 0 aliphatic carbocycles. The Bertz CT molecular complexity index is 528. The summed E-state index contributed by atoms with van der Waals surface area (Å²) in [5.74, 6) is 0.363. The molecule has 2 rings (SSSR count). The van der Waals surface area contributed by atoms with Crippen molar-refractivity contribution in [3.8, 4) is 0 Å². The molecule has 0 aliphatic heterocycles. The van der Waals surface area contributed by atoms with Gasteiger partial charge in [0.1, 0.15) is 10.9 Å². The Morgan fingerprint density at radius 3 is 3.00 bits per heavy atom. The van der Waals surface area contributed by atoms with Crippen LogP contribution in [0.25, 0.3) is 0 Å². The SMILES string of the molecule is O=C(O)c1cc(Cl)nc(SCc2ccco2)c1. The van der Waals surface area contributed by atoms with E-state index in [0.29, 0.717) is 10.8 Å². The third-order valence-corrected chi connectivity index (χ3v) is 3.09. The van der Waals surface area contributed by atoms with Crippen molar-refractivity contribution in [1.29, 1.82) is 0 Å². The third kappa shape index (κ3) is 3.25. The minimum atomic E-state index is -1.02. The van der Waals surface area contributed by atoms with Crippen LogP contribution in [0.15, 0.2) is 40.0 Å². The fourth-order valence-corrected chi connectivity index (χ4v) is 2.30. The van der Waals surface area contributed by atoms with Crippen LogP contribution in [0.2, 0.25) is 5.15 Å². The van der Waals surface area contributed by atoms with Crippen molar-refractivity contribution in [3.05, 3.63) is 47.0 Å². The molecule has 0 saturated carbocycles. The van der Waals surface area contributed by atoms with Crippen molar-refractivity contribution in [1.82, 2.24) is 4.98 Å². The summed E-state index contributed by atoms with van der Waals surface area (Å²) in [6.07, 6.45) is 1.59. The summed E-state index contributed by atoms with van der Waals surface area (Å²) in [7, 11) is 0. The van der Waals surface area contributed by atoms with Crippen LogP contribution >= 0.6 is 23.4 Å². The summed E-state index contributed by atoms with van der Waals surface area (Å²) < 4.78 is 5.17. The van der Waals surface area contributed by atoms with Gasteiger partial charge in [-0.05, 0) is 24.3 Å². The first-order chi connectivity index (χ1) is 8.15. The smallest absolute Gasteiger partial charge is 0.335 e. The Morgan fingerprint density at radius 2 is 2.35 bits per heavy atom. The highest BCUT2D eigenvalue weighted by molar-refractivity contribution is 7.98. The zero-order valence-electron chi connectivity index (χ0n) is 8.59. The number of carbonyl (C=O) groups is 1. The molecule has 0 spiro atoms. The van der Waals surface area contributed by atoms with Crippen LogP contribution in [-0.4, -0.2) is 16.1 Å². The van der Waals surface area contributed by atoms with E-state index in [-0.39, 0.29) is 10.7 Å². The summed E-state index contributed by atoms with van der Waals surface area (Å²) in [5.41, 5.74) is 0.131. The van der Waals surface area contributed by atoms with Crippen molar-refractivity contribution in [3.63, 3.8) is 0 Å². The van der Waals surface area contributed by atoms with E-state index in [4.69, 9.17) is 21.1 Å². The van der Waals surface area contributed by atoms with E-state index >= 15 is 0 Å². The maximum absolute atomic E-state index is 10.8. The largest absolute Gasteiger partial charge is 0.478 e. The van der Waals surface area contributed by atoms with E-state index in [1.165, 1.54) is 23.9 Å². The predicted octanol–water partition coefficient (Wildman–Crippen LogP) is 3.32. The van der Waals surface area contributed by atoms with E-state index < -0.39 is 5.97 Å². The van der Waals surface area contributed by atoms with Gasteiger partial charge < -0.3 is 9.52 Å². The minimum absolute atomic E-state index is 0.131.